The van der Waals surface area contributed by atoms with Gasteiger partial charge in [0.15, 0.2) is 0 Å². The molecule has 0 N–H and O–H groups in total. The second kappa shape index (κ2) is 9.57. The third-order valence-electron chi connectivity index (χ3n) is 5.50. The molecule has 0 fully saturated rings. The first-order chi connectivity index (χ1) is 16.4. The van der Waals surface area contributed by atoms with E-state index in [2.05, 4.69) is 5.10 Å². The monoisotopic (exact) mass is 462 g/mol. The standard InChI is InChI=1S/C24H22N4O6/c1-26(24(30)17-7-11-19(33-2)12-8-17)15-23(29)27-21(22-4-3-13-34-22)14-20(25-27)16-5-9-18(10-6-16)28(31)32/h3-13,21H,14-15H2,1-2H3. The minimum atomic E-state index is -0.489. The Morgan fingerprint density at radius 1 is 1.18 bits per heavy atom. The van der Waals surface area contributed by atoms with Gasteiger partial charge in [0.2, 0.25) is 0 Å². The van der Waals surface area contributed by atoms with Crippen molar-refractivity contribution in [2.45, 2.75) is 12.5 Å². The Hall–Kier alpha value is -4.47. The lowest BCUT2D eigenvalue weighted by atomic mass is 10.0. The van der Waals surface area contributed by atoms with E-state index >= 15 is 0 Å². The van der Waals surface area contributed by atoms with Gasteiger partial charge in [0.05, 0.1) is 24.0 Å². The molecule has 1 aromatic heterocycles. The summed E-state index contributed by atoms with van der Waals surface area (Å²) in [6.45, 7) is -0.195. The molecule has 4 rings (SSSR count). The number of hydrogen-bond acceptors (Lipinski definition) is 7. The fourth-order valence-corrected chi connectivity index (χ4v) is 3.69. The minimum Gasteiger partial charge on any atom is -0.497 e. The first kappa shape index (κ1) is 22.7. The normalized spacial score (nSPS) is 15.1. The molecular formula is C24H22N4O6. The molecular weight excluding hydrogens is 440 g/mol. The summed E-state index contributed by atoms with van der Waals surface area (Å²) in [6.07, 6.45) is 1.88. The molecule has 1 aliphatic rings. The van der Waals surface area contributed by atoms with Crippen molar-refractivity contribution in [3.05, 3.63) is 93.9 Å². The molecule has 0 spiro atoms. The first-order valence-electron chi connectivity index (χ1n) is 10.4. The van der Waals surface area contributed by atoms with Crippen LogP contribution in [0.2, 0.25) is 0 Å². The number of methoxy groups -OCH3 is 1. The van der Waals surface area contributed by atoms with Gasteiger partial charge in [-0.1, -0.05) is 0 Å². The number of hydrogen-bond donors (Lipinski definition) is 0. The molecule has 34 heavy (non-hydrogen) atoms. The van der Waals surface area contributed by atoms with Crippen LogP contribution in [0.3, 0.4) is 0 Å². The highest BCUT2D eigenvalue weighted by Gasteiger charge is 2.35. The summed E-state index contributed by atoms with van der Waals surface area (Å²) in [7, 11) is 3.09. The van der Waals surface area contributed by atoms with Crippen molar-refractivity contribution in [2.24, 2.45) is 5.10 Å². The predicted molar refractivity (Wildman–Crippen MR) is 122 cm³/mol. The molecule has 0 saturated carbocycles. The van der Waals surface area contributed by atoms with E-state index in [0.717, 1.165) is 0 Å². The van der Waals surface area contributed by atoms with E-state index in [4.69, 9.17) is 9.15 Å². The third kappa shape index (κ3) is 4.65. The fraction of sp³-hybridized carbons (Fsp3) is 0.208. The number of furan rings is 1. The van der Waals surface area contributed by atoms with Gasteiger partial charge in [-0.25, -0.2) is 5.01 Å². The maximum Gasteiger partial charge on any atom is 0.269 e. The summed E-state index contributed by atoms with van der Waals surface area (Å²) in [4.78, 5) is 37.8. The Morgan fingerprint density at radius 2 is 1.88 bits per heavy atom. The van der Waals surface area contributed by atoms with Gasteiger partial charge in [-0.2, -0.15) is 5.10 Å². The highest BCUT2D eigenvalue weighted by atomic mass is 16.6. The molecule has 2 aromatic carbocycles. The van der Waals surface area contributed by atoms with E-state index in [0.29, 0.717) is 34.8 Å². The molecule has 3 aromatic rings. The van der Waals surface area contributed by atoms with Gasteiger partial charge in [-0.3, -0.25) is 19.7 Å². The Balaban J connectivity index is 1.54. The Kier molecular flexibility index (Phi) is 6.39. The van der Waals surface area contributed by atoms with Gasteiger partial charge in [-0.05, 0) is 54.1 Å². The summed E-state index contributed by atoms with van der Waals surface area (Å²) in [5.41, 5.74) is 1.65. The molecule has 174 valence electrons. The van der Waals surface area contributed by atoms with Crippen LogP contribution in [0.25, 0.3) is 0 Å². The zero-order valence-corrected chi connectivity index (χ0v) is 18.6. The molecule has 10 nitrogen and oxygen atoms in total. The lowest BCUT2D eigenvalue weighted by Crippen LogP contribution is -2.39. The van der Waals surface area contributed by atoms with E-state index in [1.54, 1.807) is 62.7 Å². The van der Waals surface area contributed by atoms with E-state index in [9.17, 15) is 19.7 Å². The van der Waals surface area contributed by atoms with Gasteiger partial charge in [0.25, 0.3) is 17.5 Å². The molecule has 0 aliphatic carbocycles. The molecule has 0 saturated heterocycles. The van der Waals surface area contributed by atoms with Gasteiger partial charge in [0.1, 0.15) is 24.1 Å². The van der Waals surface area contributed by atoms with Gasteiger partial charge < -0.3 is 14.1 Å². The second-order valence-electron chi connectivity index (χ2n) is 7.71. The van der Waals surface area contributed by atoms with Crippen molar-refractivity contribution >= 4 is 23.2 Å². The van der Waals surface area contributed by atoms with Gasteiger partial charge in [-0.15, -0.1) is 0 Å². The van der Waals surface area contributed by atoms with Crippen molar-refractivity contribution in [2.75, 3.05) is 20.7 Å². The van der Waals surface area contributed by atoms with Crippen LogP contribution in [0.5, 0.6) is 5.75 Å². The number of carbonyl (C=O) groups excluding carboxylic acids is 2. The van der Waals surface area contributed by atoms with E-state index in [1.807, 2.05) is 0 Å². The molecule has 0 radical (unpaired) electrons. The highest BCUT2D eigenvalue weighted by Crippen LogP contribution is 2.33. The largest absolute Gasteiger partial charge is 0.497 e. The highest BCUT2D eigenvalue weighted by molar-refractivity contribution is 6.03. The molecule has 10 heteroatoms. The number of benzene rings is 2. The number of rotatable bonds is 7. The van der Waals surface area contributed by atoms with Crippen molar-refractivity contribution in [1.82, 2.24) is 9.91 Å². The number of hydrazone groups is 1. The number of amides is 2. The Labute approximate surface area is 195 Å². The van der Waals surface area contributed by atoms with Crippen molar-refractivity contribution in [3.63, 3.8) is 0 Å². The van der Waals surface area contributed by atoms with Crippen LogP contribution in [-0.4, -0.2) is 53.1 Å². The zero-order valence-electron chi connectivity index (χ0n) is 18.6. The van der Waals surface area contributed by atoms with Gasteiger partial charge in [0, 0.05) is 31.2 Å². The molecule has 1 aliphatic heterocycles. The summed E-state index contributed by atoms with van der Waals surface area (Å²) < 4.78 is 10.6. The Morgan fingerprint density at radius 3 is 2.47 bits per heavy atom. The maximum atomic E-state index is 13.2. The molecule has 2 amide bonds. The van der Waals surface area contributed by atoms with Gasteiger partial charge >= 0.3 is 0 Å². The Bertz CT molecular complexity index is 1220. The average molecular weight is 462 g/mol. The lowest BCUT2D eigenvalue weighted by Gasteiger charge is -2.23. The number of carbonyl (C=O) groups is 2. The smallest absolute Gasteiger partial charge is 0.269 e. The third-order valence-corrected chi connectivity index (χ3v) is 5.50. The summed E-state index contributed by atoms with van der Waals surface area (Å²) >= 11 is 0. The number of ether oxygens (including phenoxy) is 1. The van der Waals surface area contributed by atoms with Crippen LogP contribution in [0, 0.1) is 10.1 Å². The van der Waals surface area contributed by atoms with Crippen LogP contribution in [0.4, 0.5) is 5.69 Å². The predicted octanol–water partition coefficient (Wildman–Crippen LogP) is 3.65. The van der Waals surface area contributed by atoms with E-state index < -0.39 is 11.0 Å². The maximum absolute atomic E-state index is 13.2. The topological polar surface area (TPSA) is 118 Å². The van der Waals surface area contributed by atoms with E-state index in [1.165, 1.54) is 28.3 Å². The molecule has 1 atom stereocenters. The number of nitro groups is 1. The van der Waals surface area contributed by atoms with Crippen LogP contribution < -0.4 is 4.74 Å². The second-order valence-corrected chi connectivity index (χ2v) is 7.71. The summed E-state index contributed by atoms with van der Waals surface area (Å²) in [6, 6.07) is 15.6. The van der Waals surface area contributed by atoms with Crippen LogP contribution in [0.15, 0.2) is 76.4 Å². The van der Waals surface area contributed by atoms with Crippen molar-refractivity contribution in [3.8, 4) is 5.75 Å². The van der Waals surface area contributed by atoms with Crippen LogP contribution in [-0.2, 0) is 4.79 Å². The quantitative estimate of drug-likeness (QED) is 0.391. The van der Waals surface area contributed by atoms with Crippen molar-refractivity contribution in [1.29, 1.82) is 0 Å². The zero-order chi connectivity index (χ0) is 24.2. The van der Waals surface area contributed by atoms with E-state index in [-0.39, 0.29) is 24.0 Å². The SMILES string of the molecule is COc1ccc(C(=O)N(C)CC(=O)N2N=C(c3ccc([N+](=O)[O-])cc3)CC2c2ccco2)cc1. The summed E-state index contributed by atoms with van der Waals surface area (Å²) in [5, 5.41) is 16.8. The van der Waals surface area contributed by atoms with Crippen molar-refractivity contribution < 1.29 is 23.7 Å². The minimum absolute atomic E-state index is 0.0310. The first-order valence-corrected chi connectivity index (χ1v) is 10.4. The molecule has 0 bridgehead atoms. The average Bonchev–Trinajstić information content (AvgIpc) is 3.54. The number of likely N-dealkylation sites (N-methyl/N-ethyl adjacent to an activating group) is 1. The number of nitro benzene ring substituents is 1. The molecule has 1 unspecified atom stereocenters. The lowest BCUT2D eigenvalue weighted by molar-refractivity contribution is -0.384. The number of nitrogens with zero attached hydrogens (tertiary/aromatic N) is 4. The van der Waals surface area contributed by atoms with Crippen LogP contribution in [0.1, 0.15) is 34.1 Å². The fourth-order valence-electron chi connectivity index (χ4n) is 3.69. The molecule has 2 heterocycles. The summed E-state index contributed by atoms with van der Waals surface area (Å²) in [5.74, 6) is 0.479. The van der Waals surface area contributed by atoms with Crippen LogP contribution >= 0.6 is 0 Å². The number of non-ortho nitro benzene ring substituents is 1.